The predicted octanol–water partition coefficient (Wildman–Crippen LogP) is 3.03. The first kappa shape index (κ1) is 14.9. The molecule has 0 fully saturated rings. The molecule has 0 radical (unpaired) electrons. The van der Waals surface area contributed by atoms with E-state index in [1.807, 2.05) is 38.4 Å². The SMILES string of the molecule is CN(C)Cc1ccc(COc2ccc(Cl)cc2CN)o1. The summed E-state index contributed by atoms with van der Waals surface area (Å²) in [6, 6.07) is 9.32. The smallest absolute Gasteiger partial charge is 0.146 e. The molecule has 0 amide bonds. The third-order valence-corrected chi connectivity index (χ3v) is 3.04. The van der Waals surface area contributed by atoms with Gasteiger partial charge in [0.2, 0.25) is 0 Å². The minimum Gasteiger partial charge on any atom is -0.485 e. The van der Waals surface area contributed by atoms with Crippen LogP contribution in [-0.4, -0.2) is 19.0 Å². The molecule has 108 valence electrons. The van der Waals surface area contributed by atoms with E-state index in [1.54, 1.807) is 6.07 Å². The highest BCUT2D eigenvalue weighted by Crippen LogP contribution is 2.23. The van der Waals surface area contributed by atoms with Gasteiger partial charge in [0.05, 0.1) is 6.54 Å². The van der Waals surface area contributed by atoms with Gasteiger partial charge in [-0.05, 0) is 44.4 Å². The molecule has 1 heterocycles. The van der Waals surface area contributed by atoms with Crippen LogP contribution < -0.4 is 10.5 Å². The molecule has 2 rings (SSSR count). The predicted molar refractivity (Wildman–Crippen MR) is 79.8 cm³/mol. The van der Waals surface area contributed by atoms with Gasteiger partial charge in [0.15, 0.2) is 0 Å². The maximum Gasteiger partial charge on any atom is 0.146 e. The number of furan rings is 1. The van der Waals surface area contributed by atoms with E-state index < -0.39 is 0 Å². The van der Waals surface area contributed by atoms with Crippen molar-refractivity contribution >= 4 is 11.6 Å². The fourth-order valence-corrected chi connectivity index (χ4v) is 2.09. The maximum absolute atomic E-state index is 5.93. The van der Waals surface area contributed by atoms with Gasteiger partial charge in [0.25, 0.3) is 0 Å². The summed E-state index contributed by atoms with van der Waals surface area (Å²) in [7, 11) is 4.00. The molecule has 0 aliphatic heterocycles. The van der Waals surface area contributed by atoms with Crippen LogP contribution in [0, 0.1) is 0 Å². The Bertz CT molecular complexity index is 567. The highest BCUT2D eigenvalue weighted by molar-refractivity contribution is 6.30. The summed E-state index contributed by atoms with van der Waals surface area (Å²) in [6.07, 6.45) is 0. The molecule has 0 spiro atoms. The summed E-state index contributed by atoms with van der Waals surface area (Å²) >= 11 is 5.93. The molecular weight excluding hydrogens is 276 g/mol. The molecule has 2 aromatic rings. The standard InChI is InChI=1S/C15H19ClN2O2/c1-18(2)9-13-4-5-14(20-13)10-19-15-6-3-12(16)7-11(15)8-17/h3-7H,8-10,17H2,1-2H3. The number of halogens is 1. The van der Waals surface area contributed by atoms with Crippen molar-refractivity contribution in [3.05, 3.63) is 52.4 Å². The lowest BCUT2D eigenvalue weighted by Gasteiger charge is -2.10. The summed E-state index contributed by atoms with van der Waals surface area (Å²) in [5, 5.41) is 0.657. The van der Waals surface area contributed by atoms with Gasteiger partial charge < -0.3 is 19.8 Å². The van der Waals surface area contributed by atoms with Crippen LogP contribution in [0.4, 0.5) is 0 Å². The van der Waals surface area contributed by atoms with Gasteiger partial charge >= 0.3 is 0 Å². The van der Waals surface area contributed by atoms with Gasteiger partial charge in [0, 0.05) is 17.1 Å². The zero-order valence-electron chi connectivity index (χ0n) is 11.7. The van der Waals surface area contributed by atoms with Crippen molar-refractivity contribution in [1.29, 1.82) is 0 Å². The monoisotopic (exact) mass is 294 g/mol. The normalized spacial score (nSPS) is 11.1. The van der Waals surface area contributed by atoms with Crippen LogP contribution in [0.15, 0.2) is 34.7 Å². The van der Waals surface area contributed by atoms with Gasteiger partial charge in [-0.2, -0.15) is 0 Å². The van der Waals surface area contributed by atoms with Gasteiger partial charge in [-0.25, -0.2) is 0 Å². The number of rotatable bonds is 6. The van der Waals surface area contributed by atoms with Crippen LogP contribution in [-0.2, 0) is 19.7 Å². The molecule has 0 saturated heterocycles. The largest absolute Gasteiger partial charge is 0.485 e. The Balaban J connectivity index is 2.00. The fourth-order valence-electron chi connectivity index (χ4n) is 1.89. The van der Waals surface area contributed by atoms with Crippen LogP contribution >= 0.6 is 11.6 Å². The minimum absolute atomic E-state index is 0.377. The highest BCUT2D eigenvalue weighted by atomic mass is 35.5. The van der Waals surface area contributed by atoms with Crippen LogP contribution in [0.3, 0.4) is 0 Å². The Labute approximate surface area is 124 Å². The molecular formula is C15H19ClN2O2. The van der Waals surface area contributed by atoms with Crippen molar-refractivity contribution in [1.82, 2.24) is 4.90 Å². The molecule has 4 nitrogen and oxygen atoms in total. The molecule has 0 unspecified atom stereocenters. The van der Waals surface area contributed by atoms with E-state index in [2.05, 4.69) is 4.90 Å². The van der Waals surface area contributed by atoms with E-state index in [1.165, 1.54) is 0 Å². The first-order chi connectivity index (χ1) is 9.58. The number of hydrogen-bond acceptors (Lipinski definition) is 4. The van der Waals surface area contributed by atoms with E-state index in [0.29, 0.717) is 18.2 Å². The zero-order valence-corrected chi connectivity index (χ0v) is 12.5. The molecule has 0 saturated carbocycles. The summed E-state index contributed by atoms with van der Waals surface area (Å²) in [4.78, 5) is 2.05. The maximum atomic E-state index is 5.93. The second-order valence-corrected chi connectivity index (χ2v) is 5.29. The molecule has 1 aromatic carbocycles. The van der Waals surface area contributed by atoms with Crippen molar-refractivity contribution in [3.8, 4) is 5.75 Å². The Hall–Kier alpha value is -1.49. The Morgan fingerprint density at radius 3 is 2.65 bits per heavy atom. The van der Waals surface area contributed by atoms with Crippen molar-refractivity contribution in [3.63, 3.8) is 0 Å². The van der Waals surface area contributed by atoms with Gasteiger partial charge in [-0.3, -0.25) is 0 Å². The molecule has 5 heteroatoms. The van der Waals surface area contributed by atoms with E-state index >= 15 is 0 Å². The van der Waals surface area contributed by atoms with Crippen LogP contribution in [0.2, 0.25) is 5.02 Å². The van der Waals surface area contributed by atoms with E-state index in [-0.39, 0.29) is 0 Å². The first-order valence-electron chi connectivity index (χ1n) is 6.42. The van der Waals surface area contributed by atoms with Crippen molar-refractivity contribution in [2.75, 3.05) is 14.1 Å². The van der Waals surface area contributed by atoms with Crippen molar-refractivity contribution < 1.29 is 9.15 Å². The topological polar surface area (TPSA) is 51.6 Å². The number of nitrogens with two attached hydrogens (primary N) is 1. The van der Waals surface area contributed by atoms with Crippen LogP contribution in [0.5, 0.6) is 5.75 Å². The third kappa shape index (κ3) is 4.00. The quantitative estimate of drug-likeness (QED) is 0.890. The van der Waals surface area contributed by atoms with E-state index in [0.717, 1.165) is 29.4 Å². The molecule has 0 aliphatic rings. The van der Waals surface area contributed by atoms with Gasteiger partial charge in [0.1, 0.15) is 23.9 Å². The lowest BCUT2D eigenvalue weighted by Crippen LogP contribution is -2.09. The number of benzene rings is 1. The Morgan fingerprint density at radius 1 is 1.20 bits per heavy atom. The second kappa shape index (κ2) is 6.79. The summed E-state index contributed by atoms with van der Waals surface area (Å²) in [5.74, 6) is 2.45. The Kier molecular flexibility index (Phi) is 5.06. The third-order valence-electron chi connectivity index (χ3n) is 2.80. The fraction of sp³-hybridized carbons (Fsp3) is 0.333. The van der Waals surface area contributed by atoms with Gasteiger partial charge in [-0.15, -0.1) is 0 Å². The van der Waals surface area contributed by atoms with Crippen molar-refractivity contribution in [2.24, 2.45) is 5.73 Å². The minimum atomic E-state index is 0.377. The molecule has 0 aliphatic carbocycles. The molecule has 1 aromatic heterocycles. The number of nitrogens with zero attached hydrogens (tertiary/aromatic N) is 1. The van der Waals surface area contributed by atoms with E-state index in [9.17, 15) is 0 Å². The highest BCUT2D eigenvalue weighted by Gasteiger charge is 2.07. The Morgan fingerprint density at radius 2 is 1.95 bits per heavy atom. The molecule has 0 atom stereocenters. The molecule has 20 heavy (non-hydrogen) atoms. The average molecular weight is 295 g/mol. The van der Waals surface area contributed by atoms with Crippen LogP contribution in [0.25, 0.3) is 0 Å². The lowest BCUT2D eigenvalue weighted by molar-refractivity contribution is 0.256. The van der Waals surface area contributed by atoms with Crippen LogP contribution in [0.1, 0.15) is 17.1 Å². The number of hydrogen-bond donors (Lipinski definition) is 1. The first-order valence-corrected chi connectivity index (χ1v) is 6.80. The molecule has 0 bridgehead atoms. The van der Waals surface area contributed by atoms with Crippen molar-refractivity contribution in [2.45, 2.75) is 19.7 Å². The zero-order chi connectivity index (χ0) is 14.5. The lowest BCUT2D eigenvalue weighted by atomic mass is 10.2. The van der Waals surface area contributed by atoms with Gasteiger partial charge in [-0.1, -0.05) is 11.6 Å². The summed E-state index contributed by atoms with van der Waals surface area (Å²) in [5.41, 5.74) is 6.57. The summed E-state index contributed by atoms with van der Waals surface area (Å²) < 4.78 is 11.4. The molecule has 2 N–H and O–H groups in total. The van der Waals surface area contributed by atoms with E-state index in [4.69, 9.17) is 26.5 Å². The average Bonchev–Trinajstić information content (AvgIpc) is 2.84. The summed E-state index contributed by atoms with van der Waals surface area (Å²) in [6.45, 7) is 1.54. The number of ether oxygens (including phenoxy) is 1. The second-order valence-electron chi connectivity index (χ2n) is 4.85.